The molecule has 0 heterocycles. The van der Waals surface area contributed by atoms with Crippen LogP contribution in [0, 0.1) is 17.5 Å². The monoisotopic (exact) mass is 348 g/mol. The van der Waals surface area contributed by atoms with Gasteiger partial charge in [-0.25, -0.2) is 13.2 Å². The van der Waals surface area contributed by atoms with Crippen molar-refractivity contribution in [2.75, 3.05) is 5.32 Å². The number of aryl methyl sites for hydroxylation is 1. The number of anilines is 1. The molecule has 0 saturated carbocycles. The maximum atomic E-state index is 13.7. The quantitative estimate of drug-likeness (QED) is 0.817. The molecule has 2 N–H and O–H groups in total. The topological polar surface area (TPSA) is 41.1 Å². The van der Waals surface area contributed by atoms with Crippen LogP contribution < -0.4 is 10.6 Å². The van der Waals surface area contributed by atoms with E-state index in [0.29, 0.717) is 0 Å². The van der Waals surface area contributed by atoms with Gasteiger partial charge < -0.3 is 5.32 Å². The van der Waals surface area contributed by atoms with Gasteiger partial charge in [0.1, 0.15) is 0 Å². The van der Waals surface area contributed by atoms with E-state index in [0.717, 1.165) is 37.0 Å². The van der Waals surface area contributed by atoms with Crippen molar-refractivity contribution in [1.82, 2.24) is 5.32 Å². The lowest BCUT2D eigenvalue weighted by atomic mass is 9.87. The molecule has 0 aromatic heterocycles. The van der Waals surface area contributed by atoms with Crippen molar-refractivity contribution >= 4 is 11.6 Å². The summed E-state index contributed by atoms with van der Waals surface area (Å²) in [6.45, 7) is 1.66. The van der Waals surface area contributed by atoms with Gasteiger partial charge in [-0.2, -0.15) is 0 Å². The summed E-state index contributed by atoms with van der Waals surface area (Å²) in [5, 5.41) is 5.55. The Bertz CT molecular complexity index is 794. The lowest BCUT2D eigenvalue weighted by Crippen LogP contribution is -2.41. The minimum absolute atomic E-state index is 0.0282. The molecule has 1 aliphatic rings. The third kappa shape index (κ3) is 3.69. The standard InChI is InChI=1S/C19H19F3N2O/c1-11(19(25)24-16-10-9-14(20)17(21)18(16)22)23-15-8-4-6-12-5-2-3-7-13(12)15/h2-3,5,7,9-11,15,23H,4,6,8H2,1H3,(H,24,25)/t11-,15+/m0/s1. The van der Waals surface area contributed by atoms with Gasteiger partial charge in [0.05, 0.1) is 11.7 Å². The third-order valence-electron chi connectivity index (χ3n) is 4.51. The molecule has 1 amide bonds. The summed E-state index contributed by atoms with van der Waals surface area (Å²) < 4.78 is 39.9. The van der Waals surface area contributed by atoms with E-state index in [9.17, 15) is 18.0 Å². The average Bonchev–Trinajstić information content (AvgIpc) is 2.62. The molecule has 2 aromatic rings. The fourth-order valence-corrected chi connectivity index (χ4v) is 3.17. The molecule has 2 atom stereocenters. The molecule has 0 saturated heterocycles. The normalized spacial score (nSPS) is 17.7. The van der Waals surface area contributed by atoms with E-state index in [4.69, 9.17) is 0 Å². The van der Waals surface area contributed by atoms with Gasteiger partial charge in [0.2, 0.25) is 5.91 Å². The first-order chi connectivity index (χ1) is 12.0. The van der Waals surface area contributed by atoms with Gasteiger partial charge in [-0.3, -0.25) is 10.1 Å². The van der Waals surface area contributed by atoms with Gasteiger partial charge in [-0.15, -0.1) is 0 Å². The van der Waals surface area contributed by atoms with E-state index < -0.39 is 29.4 Å². The van der Waals surface area contributed by atoms with Crippen LogP contribution in [-0.2, 0) is 11.2 Å². The van der Waals surface area contributed by atoms with Crippen LogP contribution in [0.25, 0.3) is 0 Å². The minimum Gasteiger partial charge on any atom is -0.322 e. The highest BCUT2D eigenvalue weighted by atomic mass is 19.2. The number of fused-ring (bicyclic) bond motifs is 1. The van der Waals surface area contributed by atoms with Gasteiger partial charge in [-0.05, 0) is 49.4 Å². The fraction of sp³-hybridized carbons (Fsp3) is 0.316. The van der Waals surface area contributed by atoms with Crippen molar-refractivity contribution in [2.24, 2.45) is 0 Å². The maximum absolute atomic E-state index is 13.7. The smallest absolute Gasteiger partial charge is 0.241 e. The second-order valence-corrected chi connectivity index (χ2v) is 6.24. The molecule has 25 heavy (non-hydrogen) atoms. The van der Waals surface area contributed by atoms with Crippen LogP contribution in [-0.4, -0.2) is 11.9 Å². The molecule has 0 radical (unpaired) electrons. The second-order valence-electron chi connectivity index (χ2n) is 6.24. The second kappa shape index (κ2) is 7.27. The summed E-state index contributed by atoms with van der Waals surface area (Å²) in [4.78, 5) is 12.3. The molecule has 1 aliphatic carbocycles. The zero-order valence-electron chi connectivity index (χ0n) is 13.8. The Morgan fingerprint density at radius 1 is 1.12 bits per heavy atom. The average molecular weight is 348 g/mol. The van der Waals surface area contributed by atoms with Gasteiger partial charge in [0, 0.05) is 6.04 Å². The fourth-order valence-electron chi connectivity index (χ4n) is 3.17. The maximum Gasteiger partial charge on any atom is 0.241 e. The summed E-state index contributed by atoms with van der Waals surface area (Å²) in [6.07, 6.45) is 2.92. The number of carbonyl (C=O) groups is 1. The van der Waals surface area contributed by atoms with Crippen LogP contribution in [0.2, 0.25) is 0 Å². The summed E-state index contributed by atoms with van der Waals surface area (Å²) in [7, 11) is 0. The van der Waals surface area contributed by atoms with Gasteiger partial charge in [0.15, 0.2) is 17.5 Å². The molecule has 0 fully saturated rings. The van der Waals surface area contributed by atoms with E-state index in [1.807, 2.05) is 18.2 Å². The lowest BCUT2D eigenvalue weighted by molar-refractivity contribution is -0.118. The molecule has 3 rings (SSSR count). The highest BCUT2D eigenvalue weighted by Gasteiger charge is 2.24. The van der Waals surface area contributed by atoms with Crippen LogP contribution in [0.4, 0.5) is 18.9 Å². The van der Waals surface area contributed by atoms with Crippen molar-refractivity contribution in [3.63, 3.8) is 0 Å². The van der Waals surface area contributed by atoms with Crippen LogP contribution in [0.5, 0.6) is 0 Å². The highest BCUT2D eigenvalue weighted by Crippen LogP contribution is 2.30. The summed E-state index contributed by atoms with van der Waals surface area (Å²) >= 11 is 0. The number of halogens is 3. The summed E-state index contributed by atoms with van der Waals surface area (Å²) in [6, 6.07) is 9.25. The van der Waals surface area contributed by atoms with Crippen LogP contribution in [0.3, 0.4) is 0 Å². The van der Waals surface area contributed by atoms with E-state index >= 15 is 0 Å². The van der Waals surface area contributed by atoms with Crippen molar-refractivity contribution in [3.05, 3.63) is 65.0 Å². The molecule has 6 heteroatoms. The predicted octanol–water partition coefficient (Wildman–Crippen LogP) is 4.10. The molecular formula is C19H19F3N2O. The molecule has 2 aromatic carbocycles. The van der Waals surface area contributed by atoms with Crippen molar-refractivity contribution in [3.8, 4) is 0 Å². The first-order valence-corrected chi connectivity index (χ1v) is 8.25. The number of hydrogen-bond acceptors (Lipinski definition) is 2. The first kappa shape index (κ1) is 17.5. The van der Waals surface area contributed by atoms with Crippen molar-refractivity contribution in [2.45, 2.75) is 38.3 Å². The Morgan fingerprint density at radius 2 is 1.88 bits per heavy atom. The molecule has 0 bridgehead atoms. The number of carbonyl (C=O) groups excluding carboxylic acids is 1. The Kier molecular flexibility index (Phi) is 5.08. The molecule has 0 unspecified atom stereocenters. The summed E-state index contributed by atoms with van der Waals surface area (Å²) in [5.41, 5.74) is 2.04. The van der Waals surface area contributed by atoms with Gasteiger partial charge in [0.25, 0.3) is 0 Å². The molecule has 0 aliphatic heterocycles. The number of rotatable bonds is 4. The van der Waals surface area contributed by atoms with Gasteiger partial charge >= 0.3 is 0 Å². The van der Waals surface area contributed by atoms with Crippen LogP contribution in [0.1, 0.15) is 36.9 Å². The zero-order valence-corrected chi connectivity index (χ0v) is 13.8. The van der Waals surface area contributed by atoms with E-state index in [1.54, 1.807) is 6.92 Å². The zero-order chi connectivity index (χ0) is 18.0. The largest absolute Gasteiger partial charge is 0.322 e. The lowest BCUT2D eigenvalue weighted by Gasteiger charge is -2.29. The highest BCUT2D eigenvalue weighted by molar-refractivity contribution is 5.94. The Morgan fingerprint density at radius 3 is 2.68 bits per heavy atom. The van der Waals surface area contributed by atoms with E-state index in [-0.39, 0.29) is 11.7 Å². The predicted molar refractivity (Wildman–Crippen MR) is 89.7 cm³/mol. The number of amides is 1. The van der Waals surface area contributed by atoms with Crippen molar-refractivity contribution < 1.29 is 18.0 Å². The Balaban J connectivity index is 1.69. The van der Waals surface area contributed by atoms with Crippen molar-refractivity contribution in [1.29, 1.82) is 0 Å². The van der Waals surface area contributed by atoms with E-state index in [1.165, 1.54) is 5.56 Å². The Labute approximate surface area is 144 Å². The molecule has 3 nitrogen and oxygen atoms in total. The molecule has 0 spiro atoms. The first-order valence-electron chi connectivity index (χ1n) is 8.25. The van der Waals surface area contributed by atoms with Crippen LogP contribution >= 0.6 is 0 Å². The van der Waals surface area contributed by atoms with Gasteiger partial charge in [-0.1, -0.05) is 24.3 Å². The number of benzene rings is 2. The number of hydrogen-bond donors (Lipinski definition) is 2. The van der Waals surface area contributed by atoms with Crippen LogP contribution in [0.15, 0.2) is 36.4 Å². The minimum atomic E-state index is -1.60. The molecule has 132 valence electrons. The number of nitrogens with one attached hydrogen (secondary N) is 2. The third-order valence-corrected chi connectivity index (χ3v) is 4.51. The SMILES string of the molecule is C[C@H](N[C@@H]1CCCc2ccccc21)C(=O)Nc1ccc(F)c(F)c1F. The Hall–Kier alpha value is -2.34. The van der Waals surface area contributed by atoms with E-state index in [2.05, 4.69) is 16.7 Å². The molecular weight excluding hydrogens is 329 g/mol. The summed E-state index contributed by atoms with van der Waals surface area (Å²) in [5.74, 6) is -4.79.